The van der Waals surface area contributed by atoms with Gasteiger partial charge in [-0.1, -0.05) is 12.1 Å². The maximum absolute atomic E-state index is 11.2. The van der Waals surface area contributed by atoms with Gasteiger partial charge in [0, 0.05) is 5.69 Å². The lowest BCUT2D eigenvalue weighted by atomic mass is 10.0. The van der Waals surface area contributed by atoms with Crippen molar-refractivity contribution in [2.24, 2.45) is 0 Å². The van der Waals surface area contributed by atoms with Crippen LogP contribution >= 0.6 is 0 Å². The molecule has 0 spiro atoms. The van der Waals surface area contributed by atoms with Gasteiger partial charge in [0.05, 0.1) is 13.5 Å². The molecule has 96 valence electrons. The highest BCUT2D eigenvalue weighted by atomic mass is 16.5. The highest BCUT2D eigenvalue weighted by Gasteiger charge is 2.28. The first-order valence-electron chi connectivity index (χ1n) is 5.39. The number of methoxy groups -OCH3 is 1. The molecule has 3 N–H and O–H groups in total. The number of anilines is 1. The summed E-state index contributed by atoms with van der Waals surface area (Å²) in [6, 6.07) is 4.76. The van der Waals surface area contributed by atoms with Gasteiger partial charge in [-0.3, -0.25) is 4.79 Å². The van der Waals surface area contributed by atoms with Crippen molar-refractivity contribution >= 4 is 17.6 Å². The van der Waals surface area contributed by atoms with Crippen molar-refractivity contribution in [2.45, 2.75) is 18.6 Å². The highest BCUT2D eigenvalue weighted by Crippen LogP contribution is 2.27. The number of ether oxygens (including phenoxy) is 1. The van der Waals surface area contributed by atoms with Gasteiger partial charge in [-0.05, 0) is 17.2 Å². The zero-order valence-corrected chi connectivity index (χ0v) is 9.71. The average Bonchev–Trinajstić information content (AvgIpc) is 2.74. The number of esters is 1. The van der Waals surface area contributed by atoms with Crippen LogP contribution in [0.3, 0.4) is 0 Å². The molecule has 18 heavy (non-hydrogen) atoms. The molecule has 2 atom stereocenters. The second kappa shape index (κ2) is 4.75. The van der Waals surface area contributed by atoms with Crippen LogP contribution in [0.2, 0.25) is 0 Å². The fourth-order valence-electron chi connectivity index (χ4n) is 1.87. The number of nitrogens with one attached hydrogen (secondary N) is 1. The molecule has 0 saturated carbocycles. The van der Waals surface area contributed by atoms with E-state index >= 15 is 0 Å². The Hall–Kier alpha value is -1.92. The van der Waals surface area contributed by atoms with Gasteiger partial charge in [-0.25, -0.2) is 4.79 Å². The molecular weight excluding hydrogens is 238 g/mol. The third-order valence-electron chi connectivity index (χ3n) is 2.84. The van der Waals surface area contributed by atoms with Crippen LogP contribution in [0.1, 0.15) is 17.2 Å². The van der Waals surface area contributed by atoms with E-state index in [0.717, 1.165) is 12.7 Å². The van der Waals surface area contributed by atoms with Crippen molar-refractivity contribution in [3.8, 4) is 0 Å². The lowest BCUT2D eigenvalue weighted by Gasteiger charge is -2.16. The monoisotopic (exact) mass is 251 g/mol. The third-order valence-corrected chi connectivity index (χ3v) is 2.84. The number of hydrogen-bond donors (Lipinski definition) is 3. The number of amides is 1. The van der Waals surface area contributed by atoms with Crippen molar-refractivity contribution in [3.63, 3.8) is 0 Å². The standard InChI is InChI=1S/C12H13NO5/c1-18-12(17)11(16)10(15)6-2-3-8-7(4-6)5-9(14)13-8/h2-4,10-11,15-16H,5H2,1H3,(H,13,14). The molecule has 0 bridgehead atoms. The molecule has 6 heteroatoms. The molecule has 0 fully saturated rings. The average molecular weight is 251 g/mol. The number of benzene rings is 1. The van der Waals surface area contributed by atoms with Gasteiger partial charge in [-0.15, -0.1) is 0 Å². The highest BCUT2D eigenvalue weighted by molar-refractivity contribution is 5.99. The molecular formula is C12H13NO5. The zero-order chi connectivity index (χ0) is 13.3. The van der Waals surface area contributed by atoms with Gasteiger partial charge < -0.3 is 20.3 Å². The third kappa shape index (κ3) is 2.20. The summed E-state index contributed by atoms with van der Waals surface area (Å²) in [7, 11) is 1.13. The summed E-state index contributed by atoms with van der Waals surface area (Å²) in [4.78, 5) is 22.3. The minimum Gasteiger partial charge on any atom is -0.467 e. The van der Waals surface area contributed by atoms with Crippen LogP contribution in [0, 0.1) is 0 Å². The summed E-state index contributed by atoms with van der Waals surface area (Å²) in [6.45, 7) is 0. The number of aliphatic hydroxyl groups excluding tert-OH is 2. The molecule has 1 heterocycles. The lowest BCUT2D eigenvalue weighted by molar-refractivity contribution is -0.156. The number of aliphatic hydroxyl groups is 2. The Morgan fingerprint density at radius 2 is 2.17 bits per heavy atom. The molecule has 1 aromatic rings. The maximum Gasteiger partial charge on any atom is 0.337 e. The van der Waals surface area contributed by atoms with Gasteiger partial charge in [0.15, 0.2) is 6.10 Å². The molecule has 2 unspecified atom stereocenters. The topological polar surface area (TPSA) is 95.9 Å². The molecule has 1 amide bonds. The molecule has 0 saturated heterocycles. The van der Waals surface area contributed by atoms with E-state index in [9.17, 15) is 19.8 Å². The normalized spacial score (nSPS) is 16.7. The Balaban J connectivity index is 2.22. The number of hydrogen-bond acceptors (Lipinski definition) is 5. The number of fused-ring (bicyclic) bond motifs is 1. The Kier molecular flexibility index (Phi) is 3.31. The summed E-state index contributed by atoms with van der Waals surface area (Å²) in [6.07, 6.45) is -2.79. The minimum atomic E-state index is -1.64. The van der Waals surface area contributed by atoms with Crippen molar-refractivity contribution < 1.29 is 24.5 Å². The second-order valence-electron chi connectivity index (χ2n) is 4.05. The number of rotatable bonds is 3. The summed E-state index contributed by atoms with van der Waals surface area (Å²) < 4.78 is 4.35. The summed E-state index contributed by atoms with van der Waals surface area (Å²) in [5, 5.41) is 22.0. The quantitative estimate of drug-likeness (QED) is 0.644. The van der Waals surface area contributed by atoms with Gasteiger partial charge >= 0.3 is 5.97 Å². The summed E-state index contributed by atoms with van der Waals surface area (Å²) in [5.41, 5.74) is 1.78. The number of carbonyl (C=O) groups excluding carboxylic acids is 2. The Morgan fingerprint density at radius 3 is 2.83 bits per heavy atom. The fourth-order valence-corrected chi connectivity index (χ4v) is 1.87. The van der Waals surface area contributed by atoms with Crippen LogP contribution in [-0.2, 0) is 20.7 Å². The van der Waals surface area contributed by atoms with Crippen LogP contribution < -0.4 is 5.32 Å². The minimum absolute atomic E-state index is 0.120. The van der Waals surface area contributed by atoms with Crippen LogP contribution in [-0.4, -0.2) is 35.3 Å². The van der Waals surface area contributed by atoms with Gasteiger partial charge in [-0.2, -0.15) is 0 Å². The van der Waals surface area contributed by atoms with Gasteiger partial charge in [0.1, 0.15) is 6.10 Å². The molecule has 0 radical (unpaired) electrons. The largest absolute Gasteiger partial charge is 0.467 e. The van der Waals surface area contributed by atoms with Crippen molar-refractivity contribution in [2.75, 3.05) is 12.4 Å². The Labute approximate surface area is 103 Å². The predicted octanol–water partition coefficient (Wildman–Crippen LogP) is -0.252. The van der Waals surface area contributed by atoms with Crippen LogP contribution in [0.5, 0.6) is 0 Å². The molecule has 1 aromatic carbocycles. The SMILES string of the molecule is COC(=O)C(O)C(O)c1ccc2c(c1)CC(=O)N2. The van der Waals surface area contributed by atoms with E-state index in [1.807, 2.05) is 0 Å². The van der Waals surface area contributed by atoms with E-state index in [1.165, 1.54) is 0 Å². The molecule has 0 aromatic heterocycles. The van der Waals surface area contributed by atoms with E-state index in [4.69, 9.17) is 0 Å². The summed E-state index contributed by atoms with van der Waals surface area (Å²) in [5.74, 6) is -1.03. The van der Waals surface area contributed by atoms with Crippen LogP contribution in [0.4, 0.5) is 5.69 Å². The number of carbonyl (C=O) groups is 2. The van der Waals surface area contributed by atoms with Crippen LogP contribution in [0.25, 0.3) is 0 Å². The zero-order valence-electron chi connectivity index (χ0n) is 9.71. The van der Waals surface area contributed by atoms with Crippen molar-refractivity contribution in [3.05, 3.63) is 29.3 Å². The molecule has 2 rings (SSSR count). The first kappa shape index (κ1) is 12.5. The fraction of sp³-hybridized carbons (Fsp3) is 0.333. The first-order chi connectivity index (χ1) is 8.52. The van der Waals surface area contributed by atoms with Gasteiger partial charge in [0.2, 0.25) is 5.91 Å². The van der Waals surface area contributed by atoms with Crippen LogP contribution in [0.15, 0.2) is 18.2 Å². The predicted molar refractivity (Wildman–Crippen MR) is 61.8 cm³/mol. The molecule has 1 aliphatic rings. The van der Waals surface area contributed by atoms with E-state index in [1.54, 1.807) is 18.2 Å². The van der Waals surface area contributed by atoms with E-state index in [0.29, 0.717) is 11.3 Å². The van der Waals surface area contributed by atoms with Crippen molar-refractivity contribution in [1.82, 2.24) is 0 Å². The molecule has 1 aliphatic heterocycles. The Morgan fingerprint density at radius 1 is 1.44 bits per heavy atom. The first-order valence-corrected chi connectivity index (χ1v) is 5.39. The van der Waals surface area contributed by atoms with E-state index in [2.05, 4.69) is 10.1 Å². The lowest BCUT2D eigenvalue weighted by Crippen LogP contribution is -2.29. The summed E-state index contributed by atoms with van der Waals surface area (Å²) >= 11 is 0. The van der Waals surface area contributed by atoms with E-state index in [-0.39, 0.29) is 12.3 Å². The smallest absolute Gasteiger partial charge is 0.337 e. The maximum atomic E-state index is 11.2. The second-order valence-corrected chi connectivity index (χ2v) is 4.05. The van der Waals surface area contributed by atoms with E-state index < -0.39 is 18.2 Å². The van der Waals surface area contributed by atoms with Gasteiger partial charge in [0.25, 0.3) is 0 Å². The molecule has 0 aliphatic carbocycles. The van der Waals surface area contributed by atoms with Crippen molar-refractivity contribution in [1.29, 1.82) is 0 Å². The molecule has 6 nitrogen and oxygen atoms in total. The Bertz CT molecular complexity index is 499.